The highest BCUT2D eigenvalue weighted by molar-refractivity contribution is 7.99. The van der Waals surface area contributed by atoms with E-state index in [1.54, 1.807) is 4.57 Å². The molecule has 6 nitrogen and oxygen atoms in total. The predicted molar refractivity (Wildman–Crippen MR) is 76.7 cm³/mol. The van der Waals surface area contributed by atoms with E-state index in [0.717, 1.165) is 28.4 Å². The molecule has 3 rings (SSSR count). The lowest BCUT2D eigenvalue weighted by molar-refractivity contribution is -0.133. The van der Waals surface area contributed by atoms with E-state index in [2.05, 4.69) is 15.2 Å². The van der Waals surface area contributed by atoms with E-state index in [1.165, 1.54) is 0 Å². The molecule has 2 N–H and O–H groups in total. The van der Waals surface area contributed by atoms with Gasteiger partial charge in [0.25, 0.3) is 0 Å². The smallest absolute Gasteiger partial charge is 0.313 e. The number of rotatable bonds is 4. The predicted octanol–water partition coefficient (Wildman–Crippen LogP) is 2.14. The molecule has 0 atom stereocenters. The number of H-pyrrole nitrogens is 1. The number of para-hydroxylation sites is 1. The van der Waals surface area contributed by atoms with Gasteiger partial charge in [0.05, 0.1) is 11.4 Å². The summed E-state index contributed by atoms with van der Waals surface area (Å²) in [6, 6.07) is 9.96. The number of carboxylic acids is 1. The molecule has 0 spiro atoms. The number of hydrogen-bond donors (Lipinski definition) is 2. The third-order valence-corrected chi connectivity index (χ3v) is 3.94. The molecule has 7 heteroatoms. The summed E-state index contributed by atoms with van der Waals surface area (Å²) in [7, 11) is 1.82. The number of aliphatic carboxylic acids is 1. The van der Waals surface area contributed by atoms with Gasteiger partial charge in [-0.1, -0.05) is 30.0 Å². The zero-order valence-electron chi connectivity index (χ0n) is 10.7. The molecule has 0 saturated carbocycles. The van der Waals surface area contributed by atoms with Crippen LogP contribution in [-0.2, 0) is 11.8 Å². The van der Waals surface area contributed by atoms with Gasteiger partial charge in [-0.15, -0.1) is 10.2 Å². The van der Waals surface area contributed by atoms with E-state index < -0.39 is 5.97 Å². The van der Waals surface area contributed by atoms with Crippen molar-refractivity contribution in [3.05, 3.63) is 30.3 Å². The van der Waals surface area contributed by atoms with Gasteiger partial charge in [0.15, 0.2) is 11.0 Å². The summed E-state index contributed by atoms with van der Waals surface area (Å²) in [5.74, 6) is -0.210. The van der Waals surface area contributed by atoms with Gasteiger partial charge in [-0.3, -0.25) is 4.79 Å². The molecule has 0 saturated heterocycles. The molecule has 0 bridgehead atoms. The second-order valence-corrected chi connectivity index (χ2v) is 5.26. The molecule has 0 aliphatic rings. The number of benzene rings is 1. The highest BCUT2D eigenvalue weighted by Crippen LogP contribution is 2.25. The van der Waals surface area contributed by atoms with Crippen LogP contribution in [0.5, 0.6) is 0 Å². The highest BCUT2D eigenvalue weighted by Gasteiger charge is 2.14. The van der Waals surface area contributed by atoms with Crippen LogP contribution >= 0.6 is 11.8 Å². The number of carbonyl (C=O) groups is 1. The molecule has 102 valence electrons. The Labute approximate surface area is 118 Å². The number of fused-ring (bicyclic) bond motifs is 1. The largest absolute Gasteiger partial charge is 0.481 e. The maximum Gasteiger partial charge on any atom is 0.313 e. The molecule has 0 aliphatic carbocycles. The molecule has 0 amide bonds. The lowest BCUT2D eigenvalue weighted by Crippen LogP contribution is -2.01. The molecule has 0 unspecified atom stereocenters. The van der Waals surface area contributed by atoms with E-state index in [0.29, 0.717) is 11.0 Å². The summed E-state index contributed by atoms with van der Waals surface area (Å²) in [4.78, 5) is 13.9. The van der Waals surface area contributed by atoms with Crippen molar-refractivity contribution in [1.29, 1.82) is 0 Å². The lowest BCUT2D eigenvalue weighted by Gasteiger charge is -2.00. The Balaban J connectivity index is 1.95. The van der Waals surface area contributed by atoms with Crippen LogP contribution in [0, 0.1) is 0 Å². The normalized spacial score (nSPS) is 11.1. The van der Waals surface area contributed by atoms with E-state index in [4.69, 9.17) is 5.11 Å². The number of aromatic amines is 1. The molecule has 0 aliphatic heterocycles. The zero-order valence-corrected chi connectivity index (χ0v) is 11.5. The molecular weight excluding hydrogens is 276 g/mol. The van der Waals surface area contributed by atoms with Gasteiger partial charge in [0.1, 0.15) is 0 Å². The Hall–Kier alpha value is -2.28. The first-order chi connectivity index (χ1) is 9.65. The molecule has 0 radical (unpaired) electrons. The van der Waals surface area contributed by atoms with Crippen molar-refractivity contribution in [3.63, 3.8) is 0 Å². The van der Waals surface area contributed by atoms with Crippen LogP contribution in [-0.4, -0.2) is 36.6 Å². The number of thioether (sulfide) groups is 1. The fraction of sp³-hybridized carbons (Fsp3) is 0.154. The van der Waals surface area contributed by atoms with Crippen molar-refractivity contribution in [1.82, 2.24) is 19.7 Å². The Morgan fingerprint density at radius 3 is 2.95 bits per heavy atom. The first-order valence-corrected chi connectivity index (χ1v) is 6.96. The van der Waals surface area contributed by atoms with Crippen molar-refractivity contribution in [3.8, 4) is 11.5 Å². The fourth-order valence-corrected chi connectivity index (χ4v) is 2.63. The molecule has 2 heterocycles. The van der Waals surface area contributed by atoms with Crippen molar-refractivity contribution < 1.29 is 9.90 Å². The minimum absolute atomic E-state index is 0.0291. The third kappa shape index (κ3) is 2.27. The van der Waals surface area contributed by atoms with E-state index >= 15 is 0 Å². The molecule has 2 aromatic heterocycles. The molecule has 3 aromatic rings. The van der Waals surface area contributed by atoms with Crippen LogP contribution in [0.1, 0.15) is 0 Å². The summed E-state index contributed by atoms with van der Waals surface area (Å²) in [5.41, 5.74) is 1.90. The van der Waals surface area contributed by atoms with Gasteiger partial charge in [-0.25, -0.2) is 0 Å². The summed E-state index contributed by atoms with van der Waals surface area (Å²) in [6.07, 6.45) is 0. The van der Waals surface area contributed by atoms with Crippen LogP contribution in [0.4, 0.5) is 0 Å². The average Bonchev–Trinajstić information content (AvgIpc) is 2.99. The van der Waals surface area contributed by atoms with Gasteiger partial charge >= 0.3 is 5.97 Å². The number of nitrogens with one attached hydrogen (secondary N) is 1. The Morgan fingerprint density at radius 2 is 2.20 bits per heavy atom. The fourth-order valence-electron chi connectivity index (χ4n) is 2.00. The molecular formula is C13H12N4O2S. The summed E-state index contributed by atoms with van der Waals surface area (Å²) < 4.78 is 1.79. The molecule has 20 heavy (non-hydrogen) atoms. The first-order valence-electron chi connectivity index (χ1n) is 5.97. The van der Waals surface area contributed by atoms with Crippen LogP contribution in [0.3, 0.4) is 0 Å². The Morgan fingerprint density at radius 1 is 1.40 bits per heavy atom. The third-order valence-electron chi connectivity index (χ3n) is 2.93. The minimum Gasteiger partial charge on any atom is -0.481 e. The summed E-state index contributed by atoms with van der Waals surface area (Å²) in [6.45, 7) is 0. The van der Waals surface area contributed by atoms with Crippen LogP contribution in [0.2, 0.25) is 0 Å². The topological polar surface area (TPSA) is 83.8 Å². The molecule has 1 aromatic carbocycles. The zero-order chi connectivity index (χ0) is 14.1. The lowest BCUT2D eigenvalue weighted by atomic mass is 10.2. The maximum absolute atomic E-state index is 10.6. The Kier molecular flexibility index (Phi) is 3.19. The van der Waals surface area contributed by atoms with Crippen molar-refractivity contribution in [2.75, 3.05) is 5.75 Å². The second-order valence-electron chi connectivity index (χ2n) is 4.32. The average molecular weight is 288 g/mol. The molecule has 0 fully saturated rings. The van der Waals surface area contributed by atoms with E-state index in [1.807, 2.05) is 37.4 Å². The number of hydrogen-bond acceptors (Lipinski definition) is 4. The maximum atomic E-state index is 10.6. The van der Waals surface area contributed by atoms with Crippen LogP contribution < -0.4 is 0 Å². The van der Waals surface area contributed by atoms with Crippen molar-refractivity contribution in [2.24, 2.45) is 7.05 Å². The summed E-state index contributed by atoms with van der Waals surface area (Å²) >= 11 is 1.15. The second kappa shape index (κ2) is 5.01. The first kappa shape index (κ1) is 12.7. The van der Waals surface area contributed by atoms with E-state index in [9.17, 15) is 4.79 Å². The Bertz CT molecular complexity index is 745. The van der Waals surface area contributed by atoms with Crippen LogP contribution in [0.15, 0.2) is 35.5 Å². The highest BCUT2D eigenvalue weighted by atomic mass is 32.2. The monoisotopic (exact) mass is 288 g/mol. The van der Waals surface area contributed by atoms with E-state index in [-0.39, 0.29) is 5.75 Å². The van der Waals surface area contributed by atoms with Gasteiger partial charge < -0.3 is 14.7 Å². The van der Waals surface area contributed by atoms with Crippen molar-refractivity contribution >= 4 is 28.6 Å². The van der Waals surface area contributed by atoms with Crippen LogP contribution in [0.25, 0.3) is 22.4 Å². The summed E-state index contributed by atoms with van der Waals surface area (Å²) in [5, 5.41) is 18.5. The number of carboxylic acid groups (broad SMARTS) is 1. The number of aromatic nitrogens is 4. The van der Waals surface area contributed by atoms with Gasteiger partial charge in [-0.2, -0.15) is 0 Å². The SMILES string of the molecule is Cn1c(SCC(=O)O)nnc1-c1cc2ccccc2[nH]1. The minimum atomic E-state index is -0.870. The standard InChI is InChI=1S/C13H12N4O2S/c1-17-12(15-16-13(17)20-7-11(18)19)10-6-8-4-2-3-5-9(8)14-10/h2-6,14H,7H2,1H3,(H,18,19). The van der Waals surface area contributed by atoms with Gasteiger partial charge in [0.2, 0.25) is 0 Å². The van der Waals surface area contributed by atoms with Gasteiger partial charge in [-0.05, 0) is 12.1 Å². The van der Waals surface area contributed by atoms with Crippen molar-refractivity contribution in [2.45, 2.75) is 5.16 Å². The van der Waals surface area contributed by atoms with Gasteiger partial charge in [0, 0.05) is 18.0 Å². The number of nitrogens with zero attached hydrogens (tertiary/aromatic N) is 3. The quantitative estimate of drug-likeness (QED) is 0.719.